The van der Waals surface area contributed by atoms with Crippen molar-refractivity contribution in [2.75, 3.05) is 0 Å². The topological polar surface area (TPSA) is 17.6 Å². The Labute approximate surface area is 129 Å². The SMILES string of the molecule is Cc1n(-n2c(C)[n+](C)c3ccccc32)c2ccccc2[n+]1C. The summed E-state index contributed by atoms with van der Waals surface area (Å²) in [6.45, 7) is 4.32. The predicted molar refractivity (Wildman–Crippen MR) is 86.5 cm³/mol. The Hall–Kier alpha value is -2.62. The lowest BCUT2D eigenvalue weighted by atomic mass is 10.3. The first-order chi connectivity index (χ1) is 10.6. The number of hydrogen-bond acceptors (Lipinski definition) is 0. The minimum atomic E-state index is 1.20. The lowest BCUT2D eigenvalue weighted by molar-refractivity contribution is -0.656. The van der Waals surface area contributed by atoms with Gasteiger partial charge in [-0.05, 0) is 33.6 Å². The molecule has 0 saturated heterocycles. The highest BCUT2D eigenvalue weighted by Crippen LogP contribution is 2.19. The molecular formula is C18H20N4+2. The van der Waals surface area contributed by atoms with E-state index in [4.69, 9.17) is 0 Å². The van der Waals surface area contributed by atoms with Crippen LogP contribution in [-0.2, 0) is 14.1 Å². The molecule has 0 aliphatic heterocycles. The number of benzene rings is 2. The van der Waals surface area contributed by atoms with Gasteiger partial charge in [-0.1, -0.05) is 24.3 Å². The molecule has 0 saturated carbocycles. The van der Waals surface area contributed by atoms with Gasteiger partial charge in [0.05, 0.1) is 14.1 Å². The monoisotopic (exact) mass is 292 g/mol. The molecule has 0 aliphatic carbocycles. The van der Waals surface area contributed by atoms with E-state index in [1.165, 1.54) is 33.7 Å². The molecule has 22 heavy (non-hydrogen) atoms. The maximum Gasteiger partial charge on any atom is 0.296 e. The van der Waals surface area contributed by atoms with Crippen LogP contribution in [0.2, 0.25) is 0 Å². The number of aryl methyl sites for hydroxylation is 2. The normalized spacial score (nSPS) is 11.6. The van der Waals surface area contributed by atoms with Crippen molar-refractivity contribution in [3.63, 3.8) is 0 Å². The van der Waals surface area contributed by atoms with Gasteiger partial charge in [0, 0.05) is 13.8 Å². The first-order valence-corrected chi connectivity index (χ1v) is 7.54. The minimum Gasteiger partial charge on any atom is -0.227 e. The molecule has 0 bridgehead atoms. The Morgan fingerprint density at radius 2 is 1.00 bits per heavy atom. The number of fused-ring (bicyclic) bond motifs is 2. The van der Waals surface area contributed by atoms with Crippen LogP contribution < -0.4 is 9.13 Å². The average molecular weight is 292 g/mol. The standard InChI is InChI=1S/C18H20N4/c1-13-19(3)15-9-5-7-11-17(15)21(13)22-14(2)20(4)16-10-6-8-12-18(16)22/h5-12H,1-4H3/q+2. The van der Waals surface area contributed by atoms with Gasteiger partial charge in [-0.25, -0.2) is 9.13 Å². The number of nitrogens with zero attached hydrogens (tertiary/aromatic N) is 4. The first kappa shape index (κ1) is 13.1. The van der Waals surface area contributed by atoms with E-state index in [1.807, 2.05) is 0 Å². The molecular weight excluding hydrogens is 272 g/mol. The van der Waals surface area contributed by atoms with Crippen molar-refractivity contribution in [1.29, 1.82) is 0 Å². The molecule has 0 fully saturated rings. The van der Waals surface area contributed by atoms with Gasteiger partial charge in [0.15, 0.2) is 11.0 Å². The molecule has 2 aromatic carbocycles. The zero-order valence-electron chi connectivity index (χ0n) is 13.4. The van der Waals surface area contributed by atoms with E-state index in [-0.39, 0.29) is 0 Å². The van der Waals surface area contributed by atoms with Crippen molar-refractivity contribution in [2.45, 2.75) is 13.8 Å². The van der Waals surface area contributed by atoms with Crippen LogP contribution in [0.1, 0.15) is 11.6 Å². The lowest BCUT2D eigenvalue weighted by Gasteiger charge is -1.97. The summed E-state index contributed by atoms with van der Waals surface area (Å²) in [6.07, 6.45) is 0. The van der Waals surface area contributed by atoms with Gasteiger partial charge < -0.3 is 0 Å². The molecule has 0 atom stereocenters. The number of aromatic nitrogens is 4. The fourth-order valence-corrected chi connectivity index (χ4v) is 3.34. The Bertz CT molecular complexity index is 937. The summed E-state index contributed by atoms with van der Waals surface area (Å²) in [6, 6.07) is 17.1. The summed E-state index contributed by atoms with van der Waals surface area (Å²) >= 11 is 0. The third-order valence-corrected chi connectivity index (χ3v) is 4.73. The van der Waals surface area contributed by atoms with Crippen LogP contribution in [0.15, 0.2) is 48.5 Å². The van der Waals surface area contributed by atoms with E-state index in [9.17, 15) is 0 Å². The summed E-state index contributed by atoms with van der Waals surface area (Å²) in [4.78, 5) is 0. The van der Waals surface area contributed by atoms with Gasteiger partial charge in [0.2, 0.25) is 11.0 Å². The van der Waals surface area contributed by atoms with Crippen LogP contribution in [0.3, 0.4) is 0 Å². The minimum absolute atomic E-state index is 1.20. The summed E-state index contributed by atoms with van der Waals surface area (Å²) < 4.78 is 9.08. The van der Waals surface area contributed by atoms with Crippen LogP contribution in [-0.4, -0.2) is 9.35 Å². The van der Waals surface area contributed by atoms with Gasteiger partial charge in [-0.15, -0.1) is 0 Å². The first-order valence-electron chi connectivity index (χ1n) is 7.54. The second-order valence-corrected chi connectivity index (χ2v) is 5.81. The molecule has 4 aromatic rings. The van der Waals surface area contributed by atoms with Crippen molar-refractivity contribution in [1.82, 2.24) is 9.35 Å². The fourth-order valence-electron chi connectivity index (χ4n) is 3.34. The van der Waals surface area contributed by atoms with Crippen molar-refractivity contribution in [3.8, 4) is 0 Å². The number of rotatable bonds is 1. The summed E-state index contributed by atoms with van der Waals surface area (Å²) in [5.74, 6) is 2.40. The fraction of sp³-hybridized carbons (Fsp3) is 0.222. The van der Waals surface area contributed by atoms with Gasteiger partial charge in [-0.2, -0.15) is 0 Å². The molecule has 0 N–H and O–H groups in total. The van der Waals surface area contributed by atoms with Crippen molar-refractivity contribution >= 4 is 22.1 Å². The Kier molecular flexibility index (Phi) is 2.64. The van der Waals surface area contributed by atoms with E-state index in [0.29, 0.717) is 0 Å². The molecule has 4 rings (SSSR count). The van der Waals surface area contributed by atoms with Gasteiger partial charge in [0.1, 0.15) is 0 Å². The van der Waals surface area contributed by atoms with Crippen molar-refractivity contribution in [3.05, 3.63) is 60.2 Å². The highest BCUT2D eigenvalue weighted by atomic mass is 15.5. The van der Waals surface area contributed by atoms with E-state index in [0.717, 1.165) is 0 Å². The van der Waals surface area contributed by atoms with Gasteiger partial charge in [0.25, 0.3) is 11.6 Å². The smallest absolute Gasteiger partial charge is 0.227 e. The van der Waals surface area contributed by atoms with Crippen LogP contribution in [0, 0.1) is 13.8 Å². The summed E-state index contributed by atoms with van der Waals surface area (Å²) in [7, 11) is 4.24. The number of para-hydroxylation sites is 4. The largest absolute Gasteiger partial charge is 0.296 e. The second-order valence-electron chi connectivity index (χ2n) is 5.81. The molecule has 2 heterocycles. The van der Waals surface area contributed by atoms with Crippen molar-refractivity contribution in [2.24, 2.45) is 14.1 Å². The summed E-state index contributed by atoms with van der Waals surface area (Å²) in [5, 5.41) is 0. The molecule has 0 spiro atoms. The van der Waals surface area contributed by atoms with Crippen LogP contribution in [0.25, 0.3) is 22.1 Å². The maximum absolute atomic E-state index is 2.30. The van der Waals surface area contributed by atoms with Gasteiger partial charge >= 0.3 is 0 Å². The zero-order chi connectivity index (χ0) is 15.4. The van der Waals surface area contributed by atoms with Crippen LogP contribution in [0.5, 0.6) is 0 Å². The Morgan fingerprint density at radius 1 is 0.636 bits per heavy atom. The molecule has 4 heteroatoms. The molecule has 0 aliphatic rings. The highest BCUT2D eigenvalue weighted by molar-refractivity contribution is 5.76. The maximum atomic E-state index is 2.30. The van der Waals surface area contributed by atoms with E-state index < -0.39 is 0 Å². The van der Waals surface area contributed by atoms with Crippen LogP contribution in [0.4, 0.5) is 0 Å². The molecule has 0 radical (unpaired) electrons. The van der Waals surface area contributed by atoms with Crippen LogP contribution >= 0.6 is 0 Å². The molecule has 0 amide bonds. The molecule has 2 aromatic heterocycles. The quantitative estimate of drug-likeness (QED) is 0.479. The molecule has 4 nitrogen and oxygen atoms in total. The second kappa shape index (κ2) is 4.44. The third-order valence-electron chi connectivity index (χ3n) is 4.73. The van der Waals surface area contributed by atoms with E-state index in [1.54, 1.807) is 0 Å². The summed E-state index contributed by atoms with van der Waals surface area (Å²) in [5.41, 5.74) is 4.90. The average Bonchev–Trinajstić information content (AvgIpc) is 2.94. The third kappa shape index (κ3) is 1.52. The molecule has 0 unspecified atom stereocenters. The lowest BCUT2D eigenvalue weighted by Crippen LogP contribution is -2.34. The highest BCUT2D eigenvalue weighted by Gasteiger charge is 2.30. The number of hydrogen-bond donors (Lipinski definition) is 0. The Balaban J connectivity index is 2.22. The Morgan fingerprint density at radius 3 is 1.41 bits per heavy atom. The van der Waals surface area contributed by atoms with E-state index in [2.05, 4.69) is 95.0 Å². The molecule has 110 valence electrons. The predicted octanol–water partition coefficient (Wildman–Crippen LogP) is 2.17. The van der Waals surface area contributed by atoms with Gasteiger partial charge in [-0.3, -0.25) is 0 Å². The van der Waals surface area contributed by atoms with Crippen molar-refractivity contribution < 1.29 is 9.13 Å². The van der Waals surface area contributed by atoms with E-state index >= 15 is 0 Å². The number of imidazole rings is 2. The zero-order valence-corrected chi connectivity index (χ0v) is 13.4.